The molecule has 0 aliphatic carbocycles. The Hall–Kier alpha value is -5.07. The number of alkyl halides is 6. The molecule has 0 atom stereocenters. The number of nitrogens with two attached hydrogens (primary N) is 1. The van der Waals surface area contributed by atoms with Crippen LogP contribution in [0.2, 0.25) is 0 Å². The molecule has 2 N–H and O–H groups in total. The molecular formula is C33H23F8N3O5S2. The molecule has 1 heterocycles. The van der Waals surface area contributed by atoms with Crippen molar-refractivity contribution in [2.75, 3.05) is 22.7 Å². The molecular weight excluding hydrogens is 734 g/mol. The average molecular weight is 758 g/mol. The van der Waals surface area contributed by atoms with Crippen LogP contribution < -0.4 is 15.1 Å². The number of benzene rings is 4. The maximum atomic E-state index is 16.4. The summed E-state index contributed by atoms with van der Waals surface area (Å²) in [5.41, 5.74) is 1.03. The number of nitrogens with zero attached hydrogens (tertiary/aromatic N) is 2. The second-order valence-electron chi connectivity index (χ2n) is 10.9. The molecule has 0 aliphatic heterocycles. The summed E-state index contributed by atoms with van der Waals surface area (Å²) in [6.07, 6.45) is -9.25. The zero-order valence-corrected chi connectivity index (χ0v) is 27.7. The molecule has 5 rings (SSSR count). The molecule has 0 radical (unpaired) electrons. The largest absolute Gasteiger partial charge is 0.419 e. The molecule has 268 valence electrons. The average Bonchev–Trinajstić information content (AvgIpc) is 3.43. The number of rotatable bonds is 9. The first-order chi connectivity index (χ1) is 23.7. The maximum absolute atomic E-state index is 16.4. The molecule has 8 nitrogen and oxygen atoms in total. The summed E-state index contributed by atoms with van der Waals surface area (Å²) >= 11 is 0.504. The van der Waals surface area contributed by atoms with Crippen molar-refractivity contribution in [3.63, 3.8) is 0 Å². The molecule has 2 amide bonds. The van der Waals surface area contributed by atoms with Crippen LogP contribution in [0.4, 0.5) is 46.5 Å². The number of hydrogen-bond donors (Lipinski definition) is 1. The van der Waals surface area contributed by atoms with Gasteiger partial charge >= 0.3 is 12.4 Å². The third kappa shape index (κ3) is 7.52. The summed E-state index contributed by atoms with van der Waals surface area (Å²) in [5.74, 6) is -5.24. The summed E-state index contributed by atoms with van der Waals surface area (Å²) in [7, 11) is -3.41. The number of carbonyl (C=O) groups is 2. The van der Waals surface area contributed by atoms with Crippen LogP contribution in [0.1, 0.15) is 36.7 Å². The van der Waals surface area contributed by atoms with Crippen molar-refractivity contribution < 1.29 is 58.0 Å². The fraction of sp³-hybridized carbons (Fsp3) is 0.152. The lowest BCUT2D eigenvalue weighted by Crippen LogP contribution is -2.33. The van der Waals surface area contributed by atoms with Crippen molar-refractivity contribution in [1.82, 2.24) is 0 Å². The Kier molecular flexibility index (Phi) is 9.90. The Labute approximate surface area is 288 Å². The summed E-state index contributed by atoms with van der Waals surface area (Å²) in [4.78, 5) is 31.4. The van der Waals surface area contributed by atoms with Gasteiger partial charge in [-0.2, -0.15) is 31.4 Å². The number of hydroxylamine groups is 1. The highest BCUT2D eigenvalue weighted by Gasteiger charge is 2.37. The number of fused-ring (bicyclic) bond motifs is 1. The molecule has 51 heavy (non-hydrogen) atoms. The van der Waals surface area contributed by atoms with Gasteiger partial charge in [-0.25, -0.2) is 17.2 Å². The van der Waals surface area contributed by atoms with Crippen LogP contribution in [0.15, 0.2) is 78.9 Å². The SMILES string of the molecule is CON(C(=O)c1c(C(N)=O)sc2cc(C(F)(F)F)ccc12)c1c(F)cc(CN(c2ccc(F)c(C(F)(F)F)c2)S(C)(=O)=O)cc1-c1ccccc1. The number of anilines is 2. The van der Waals surface area contributed by atoms with Crippen molar-refractivity contribution in [2.45, 2.75) is 18.9 Å². The van der Waals surface area contributed by atoms with Crippen molar-refractivity contribution >= 4 is 54.6 Å². The molecule has 1 aromatic heterocycles. The van der Waals surface area contributed by atoms with Gasteiger partial charge < -0.3 is 5.73 Å². The second kappa shape index (κ2) is 13.6. The van der Waals surface area contributed by atoms with E-state index in [1.165, 1.54) is 18.2 Å². The van der Waals surface area contributed by atoms with E-state index in [0.29, 0.717) is 45.2 Å². The van der Waals surface area contributed by atoms with Crippen LogP contribution in [0.5, 0.6) is 0 Å². The maximum Gasteiger partial charge on any atom is 0.419 e. The van der Waals surface area contributed by atoms with Crippen LogP contribution >= 0.6 is 11.3 Å². The van der Waals surface area contributed by atoms with Gasteiger partial charge in [0.15, 0.2) is 0 Å². The van der Waals surface area contributed by atoms with E-state index in [4.69, 9.17) is 10.6 Å². The van der Waals surface area contributed by atoms with E-state index in [1.54, 1.807) is 18.2 Å². The van der Waals surface area contributed by atoms with Crippen molar-refractivity contribution in [2.24, 2.45) is 5.73 Å². The van der Waals surface area contributed by atoms with Gasteiger partial charge in [0, 0.05) is 15.6 Å². The minimum atomic E-state index is -5.17. The molecule has 5 aromatic rings. The number of thiophene rings is 1. The third-order valence-corrected chi connectivity index (χ3v) is 9.81. The van der Waals surface area contributed by atoms with Gasteiger partial charge in [-0.15, -0.1) is 11.3 Å². The molecule has 0 fully saturated rings. The highest BCUT2D eigenvalue weighted by molar-refractivity contribution is 7.92. The topological polar surface area (TPSA) is 110 Å². The Morgan fingerprint density at radius 3 is 2.10 bits per heavy atom. The van der Waals surface area contributed by atoms with Gasteiger partial charge in [0.1, 0.15) is 22.2 Å². The van der Waals surface area contributed by atoms with Gasteiger partial charge in [0.05, 0.1) is 42.3 Å². The molecule has 0 unspecified atom stereocenters. The van der Waals surface area contributed by atoms with Crippen LogP contribution in [0.25, 0.3) is 21.2 Å². The van der Waals surface area contributed by atoms with Crippen LogP contribution in [0, 0.1) is 11.6 Å². The quantitative estimate of drug-likeness (QED) is 0.121. The number of halogens is 8. The molecule has 0 spiro atoms. The van der Waals surface area contributed by atoms with Gasteiger partial charge in [-0.1, -0.05) is 36.4 Å². The predicted octanol–water partition coefficient (Wildman–Crippen LogP) is 8.16. The molecule has 0 bridgehead atoms. The van der Waals surface area contributed by atoms with Gasteiger partial charge in [-0.3, -0.25) is 18.7 Å². The molecule has 0 aliphatic rings. The van der Waals surface area contributed by atoms with Crippen molar-refractivity contribution in [3.8, 4) is 11.1 Å². The Balaban J connectivity index is 1.67. The highest BCUT2D eigenvalue weighted by atomic mass is 32.2. The third-order valence-electron chi connectivity index (χ3n) is 7.50. The zero-order valence-electron chi connectivity index (χ0n) is 26.1. The first-order valence-corrected chi connectivity index (χ1v) is 16.9. The fourth-order valence-electron chi connectivity index (χ4n) is 5.28. The summed E-state index contributed by atoms with van der Waals surface area (Å²) in [6.45, 7) is -0.762. The molecule has 0 saturated heterocycles. The van der Waals surface area contributed by atoms with Crippen LogP contribution in [-0.4, -0.2) is 33.6 Å². The fourth-order valence-corrected chi connectivity index (χ4v) is 7.24. The second-order valence-corrected chi connectivity index (χ2v) is 13.9. The summed E-state index contributed by atoms with van der Waals surface area (Å²) in [5, 5.41) is 0.324. The number of primary amides is 1. The lowest BCUT2D eigenvalue weighted by Gasteiger charge is -2.26. The Morgan fingerprint density at radius 2 is 1.53 bits per heavy atom. The van der Waals surface area contributed by atoms with Crippen LogP contribution in [-0.2, 0) is 33.8 Å². The van der Waals surface area contributed by atoms with E-state index < -0.39 is 85.3 Å². The normalized spacial score (nSPS) is 12.3. The molecule has 18 heteroatoms. The van der Waals surface area contributed by atoms with E-state index in [-0.39, 0.29) is 26.8 Å². The Bertz CT molecular complexity index is 2270. The Morgan fingerprint density at radius 1 is 0.863 bits per heavy atom. The number of sulfonamides is 1. The summed E-state index contributed by atoms with van der Waals surface area (Å²) in [6, 6.07) is 13.6. The highest BCUT2D eigenvalue weighted by Crippen LogP contribution is 2.41. The van der Waals surface area contributed by atoms with Crippen molar-refractivity contribution in [1.29, 1.82) is 0 Å². The van der Waals surface area contributed by atoms with E-state index in [0.717, 1.165) is 31.4 Å². The predicted molar refractivity (Wildman–Crippen MR) is 173 cm³/mol. The van der Waals surface area contributed by atoms with Crippen molar-refractivity contribution in [3.05, 3.63) is 118 Å². The van der Waals surface area contributed by atoms with E-state index >= 15 is 4.39 Å². The minimum absolute atomic E-state index is 0.108. The lowest BCUT2D eigenvalue weighted by molar-refractivity contribution is -0.140. The zero-order chi connectivity index (χ0) is 37.6. The standard InChI is InChI=1S/C33H23F8N3O5S2/c1-49-44(31(46)27-21-10-8-19(32(36,37)38)14-26(21)50-29(27)30(42)45)28-22(18-6-4-3-5-7-18)12-17(13-25(28)35)16-43(51(2,47)48)20-9-11-24(34)23(15-20)33(39,40)41/h3-15H,16H2,1-2H3,(H2,42,45). The van der Waals surface area contributed by atoms with Gasteiger partial charge in [0.2, 0.25) is 10.0 Å². The summed E-state index contributed by atoms with van der Waals surface area (Å²) < 4.78 is 137. The van der Waals surface area contributed by atoms with E-state index in [9.17, 15) is 48.7 Å². The first kappa shape index (κ1) is 37.2. The van der Waals surface area contributed by atoms with E-state index in [2.05, 4.69) is 0 Å². The number of amides is 2. The molecule has 4 aromatic carbocycles. The smallest absolute Gasteiger partial charge is 0.365 e. The lowest BCUT2D eigenvalue weighted by atomic mass is 9.99. The molecule has 0 saturated carbocycles. The van der Waals surface area contributed by atoms with Gasteiger partial charge in [0.25, 0.3) is 11.8 Å². The van der Waals surface area contributed by atoms with Crippen LogP contribution in [0.3, 0.4) is 0 Å². The first-order valence-electron chi connectivity index (χ1n) is 14.3. The monoisotopic (exact) mass is 757 g/mol. The minimum Gasteiger partial charge on any atom is -0.365 e. The van der Waals surface area contributed by atoms with Gasteiger partial charge in [-0.05, 0) is 53.6 Å². The number of carbonyl (C=O) groups excluding carboxylic acids is 2. The number of hydrogen-bond acceptors (Lipinski definition) is 6. The van der Waals surface area contributed by atoms with E-state index in [1.807, 2.05) is 0 Å².